The lowest BCUT2D eigenvalue weighted by Gasteiger charge is -2.16. The van der Waals surface area contributed by atoms with Crippen LogP contribution in [0.2, 0.25) is 5.02 Å². The third kappa shape index (κ3) is 4.46. The van der Waals surface area contributed by atoms with Gasteiger partial charge in [0.2, 0.25) is 0 Å². The largest absolute Gasteiger partial charge is 0.271 e. The summed E-state index contributed by atoms with van der Waals surface area (Å²) < 4.78 is 1.10. The monoisotopic (exact) mass is 371 g/mol. The average Bonchev–Trinajstić information content (AvgIpc) is 2.47. The number of nitrogens with two attached hydrogens (primary N) is 1. The molecule has 1 aromatic carbocycles. The lowest BCUT2D eigenvalue weighted by Crippen LogP contribution is -2.38. The van der Waals surface area contributed by atoms with Crippen LogP contribution in [0.15, 0.2) is 52.1 Å². The van der Waals surface area contributed by atoms with Gasteiger partial charge in [0, 0.05) is 33.6 Å². The van der Waals surface area contributed by atoms with Gasteiger partial charge in [0.1, 0.15) is 0 Å². The van der Waals surface area contributed by atoms with E-state index in [1.165, 1.54) is 4.90 Å². The molecule has 6 heteroatoms. The topological polar surface area (TPSA) is 50.9 Å². The first-order chi connectivity index (χ1) is 9.70. The second-order valence-corrected chi connectivity index (χ2v) is 6.60. The molecule has 2 aromatic rings. The second-order valence-electron chi connectivity index (χ2n) is 4.28. The van der Waals surface area contributed by atoms with Gasteiger partial charge in [-0.1, -0.05) is 23.7 Å². The number of nitrogens with one attached hydrogen (secondary N) is 1. The van der Waals surface area contributed by atoms with Gasteiger partial charge in [-0.3, -0.25) is 16.3 Å². The SMILES string of the molecule is NNC(CSc1ccccc1Br)Cc1ccncc1Cl. The zero-order valence-corrected chi connectivity index (χ0v) is 13.9. The summed E-state index contributed by atoms with van der Waals surface area (Å²) in [6.45, 7) is 0. The van der Waals surface area contributed by atoms with Crippen LogP contribution < -0.4 is 11.3 Å². The summed E-state index contributed by atoms with van der Waals surface area (Å²) in [5.74, 6) is 6.50. The lowest BCUT2D eigenvalue weighted by atomic mass is 10.1. The van der Waals surface area contributed by atoms with Gasteiger partial charge >= 0.3 is 0 Å². The fraction of sp³-hybridized carbons (Fsp3) is 0.214. The van der Waals surface area contributed by atoms with Crippen molar-refractivity contribution in [2.24, 2.45) is 5.84 Å². The molecular formula is C14H15BrClN3S. The second kappa shape index (κ2) is 8.00. The molecule has 0 radical (unpaired) electrons. The van der Waals surface area contributed by atoms with Crippen molar-refractivity contribution in [1.29, 1.82) is 0 Å². The van der Waals surface area contributed by atoms with Crippen LogP contribution in [-0.2, 0) is 6.42 Å². The van der Waals surface area contributed by atoms with Gasteiger partial charge in [-0.2, -0.15) is 0 Å². The maximum atomic E-state index is 6.12. The third-order valence-electron chi connectivity index (χ3n) is 2.84. The van der Waals surface area contributed by atoms with Crippen LogP contribution in [0.25, 0.3) is 0 Å². The van der Waals surface area contributed by atoms with E-state index in [1.54, 1.807) is 24.2 Å². The molecule has 2 rings (SSSR count). The number of hydrogen-bond donors (Lipinski definition) is 2. The van der Waals surface area contributed by atoms with Crippen molar-refractivity contribution < 1.29 is 0 Å². The first-order valence-corrected chi connectivity index (χ1v) is 8.28. The van der Waals surface area contributed by atoms with Crippen molar-refractivity contribution in [3.63, 3.8) is 0 Å². The molecule has 0 amide bonds. The Morgan fingerprint density at radius 2 is 2.15 bits per heavy atom. The Morgan fingerprint density at radius 3 is 2.85 bits per heavy atom. The van der Waals surface area contributed by atoms with E-state index >= 15 is 0 Å². The van der Waals surface area contributed by atoms with Gasteiger partial charge in [0.15, 0.2) is 0 Å². The molecule has 1 heterocycles. The number of halogens is 2. The van der Waals surface area contributed by atoms with Crippen LogP contribution in [0, 0.1) is 0 Å². The Labute approximate surface area is 136 Å². The zero-order valence-electron chi connectivity index (χ0n) is 10.7. The Balaban J connectivity index is 1.96. The predicted molar refractivity (Wildman–Crippen MR) is 88.9 cm³/mol. The summed E-state index contributed by atoms with van der Waals surface area (Å²) in [7, 11) is 0. The Kier molecular flexibility index (Phi) is 6.32. The number of hydrogen-bond acceptors (Lipinski definition) is 4. The van der Waals surface area contributed by atoms with E-state index in [0.717, 1.165) is 22.2 Å². The van der Waals surface area contributed by atoms with Crippen LogP contribution in [0.4, 0.5) is 0 Å². The van der Waals surface area contributed by atoms with E-state index in [0.29, 0.717) is 5.02 Å². The van der Waals surface area contributed by atoms with Crippen molar-refractivity contribution in [2.45, 2.75) is 17.4 Å². The van der Waals surface area contributed by atoms with E-state index in [4.69, 9.17) is 17.4 Å². The fourth-order valence-electron chi connectivity index (χ4n) is 1.75. The molecule has 0 aliphatic carbocycles. The molecule has 3 N–H and O–H groups in total. The van der Waals surface area contributed by atoms with E-state index in [-0.39, 0.29) is 6.04 Å². The molecule has 1 unspecified atom stereocenters. The van der Waals surface area contributed by atoms with Gasteiger partial charge in [0.25, 0.3) is 0 Å². The number of pyridine rings is 1. The molecule has 3 nitrogen and oxygen atoms in total. The van der Waals surface area contributed by atoms with Gasteiger partial charge in [-0.15, -0.1) is 11.8 Å². The van der Waals surface area contributed by atoms with Gasteiger partial charge in [-0.05, 0) is 46.1 Å². The maximum Gasteiger partial charge on any atom is 0.0621 e. The molecule has 20 heavy (non-hydrogen) atoms. The molecule has 0 aliphatic heterocycles. The number of aromatic nitrogens is 1. The third-order valence-corrected chi connectivity index (χ3v) is 5.37. The summed E-state index contributed by atoms with van der Waals surface area (Å²) in [5, 5.41) is 0.679. The molecular weight excluding hydrogens is 358 g/mol. The smallest absolute Gasteiger partial charge is 0.0621 e. The number of benzene rings is 1. The number of nitrogens with zero attached hydrogens (tertiary/aromatic N) is 1. The molecule has 0 saturated carbocycles. The van der Waals surface area contributed by atoms with Crippen LogP contribution in [0.1, 0.15) is 5.56 Å². The summed E-state index contributed by atoms with van der Waals surface area (Å²) in [5.41, 5.74) is 3.91. The van der Waals surface area contributed by atoms with Crippen molar-refractivity contribution in [3.8, 4) is 0 Å². The maximum absolute atomic E-state index is 6.12. The first kappa shape index (κ1) is 15.8. The molecule has 0 saturated heterocycles. The summed E-state index contributed by atoms with van der Waals surface area (Å²) >= 11 is 11.4. The minimum atomic E-state index is 0.145. The Hall–Kier alpha value is -0.590. The molecule has 0 aliphatic rings. The molecule has 0 fully saturated rings. The van der Waals surface area contributed by atoms with Crippen LogP contribution in [0.5, 0.6) is 0 Å². The molecule has 0 bridgehead atoms. The van der Waals surface area contributed by atoms with E-state index in [1.807, 2.05) is 24.3 Å². The normalized spacial score (nSPS) is 12.3. The first-order valence-electron chi connectivity index (χ1n) is 6.12. The molecule has 106 valence electrons. The van der Waals surface area contributed by atoms with E-state index in [2.05, 4.69) is 32.4 Å². The van der Waals surface area contributed by atoms with Crippen LogP contribution in [-0.4, -0.2) is 16.8 Å². The van der Waals surface area contributed by atoms with E-state index in [9.17, 15) is 0 Å². The Bertz CT molecular complexity index is 568. The standard InChI is InChI=1S/C14H15BrClN3S/c15-12-3-1-2-4-14(12)20-9-11(19-17)7-10-5-6-18-8-13(10)16/h1-6,8,11,19H,7,9,17H2. The highest BCUT2D eigenvalue weighted by Gasteiger charge is 2.11. The van der Waals surface area contributed by atoms with E-state index < -0.39 is 0 Å². The van der Waals surface area contributed by atoms with Gasteiger partial charge in [-0.25, -0.2) is 0 Å². The average molecular weight is 373 g/mol. The summed E-state index contributed by atoms with van der Waals surface area (Å²) in [6, 6.07) is 10.2. The molecule has 0 spiro atoms. The minimum absolute atomic E-state index is 0.145. The van der Waals surface area contributed by atoms with Crippen molar-refractivity contribution in [3.05, 3.63) is 57.8 Å². The van der Waals surface area contributed by atoms with Crippen LogP contribution in [0.3, 0.4) is 0 Å². The highest BCUT2D eigenvalue weighted by molar-refractivity contribution is 9.10. The number of hydrazine groups is 1. The zero-order chi connectivity index (χ0) is 14.4. The van der Waals surface area contributed by atoms with Gasteiger partial charge in [0.05, 0.1) is 5.02 Å². The highest BCUT2D eigenvalue weighted by Crippen LogP contribution is 2.28. The van der Waals surface area contributed by atoms with Gasteiger partial charge < -0.3 is 0 Å². The summed E-state index contributed by atoms with van der Waals surface area (Å²) in [4.78, 5) is 5.19. The quantitative estimate of drug-likeness (QED) is 0.461. The van der Waals surface area contributed by atoms with Crippen molar-refractivity contribution >= 4 is 39.3 Å². The predicted octanol–water partition coefficient (Wildman–Crippen LogP) is 3.66. The fourth-order valence-corrected chi connectivity index (χ4v) is 3.55. The number of rotatable bonds is 6. The van der Waals surface area contributed by atoms with Crippen molar-refractivity contribution in [1.82, 2.24) is 10.4 Å². The lowest BCUT2D eigenvalue weighted by molar-refractivity contribution is 0.575. The minimum Gasteiger partial charge on any atom is -0.271 e. The summed E-state index contributed by atoms with van der Waals surface area (Å²) in [6.07, 6.45) is 4.18. The Morgan fingerprint density at radius 1 is 1.35 bits per heavy atom. The molecule has 1 atom stereocenters. The number of thioether (sulfide) groups is 1. The van der Waals surface area contributed by atoms with Crippen molar-refractivity contribution in [2.75, 3.05) is 5.75 Å². The highest BCUT2D eigenvalue weighted by atomic mass is 79.9. The molecule has 1 aromatic heterocycles. The van der Waals surface area contributed by atoms with Crippen LogP contribution >= 0.6 is 39.3 Å².